The average molecular weight is 405 g/mol. The van der Waals surface area contributed by atoms with Crippen LogP contribution in [0, 0.1) is 0 Å². The number of hydrogen-bond donors (Lipinski definition) is 2. The smallest absolute Gasteiger partial charge is 0.191 e. The van der Waals surface area contributed by atoms with E-state index in [1.807, 2.05) is 0 Å². The Hall–Kier alpha value is -1.83. The number of nitrogens with one attached hydrogen (secondary N) is 2. The molecule has 7 heteroatoms. The molecule has 2 heterocycles. The molecular weight excluding hydrogens is 368 g/mol. The molecule has 1 aromatic carbocycles. The highest BCUT2D eigenvalue weighted by Gasteiger charge is 2.15. The van der Waals surface area contributed by atoms with Crippen molar-refractivity contribution in [2.45, 2.75) is 38.8 Å². The summed E-state index contributed by atoms with van der Waals surface area (Å²) in [6, 6.07) is 8.53. The average Bonchev–Trinajstić information content (AvgIpc) is 3.29. The quantitative estimate of drug-likeness (QED) is 0.354. The van der Waals surface area contributed by atoms with Gasteiger partial charge in [-0.05, 0) is 37.8 Å². The molecule has 0 amide bonds. The molecule has 162 valence electrons. The molecule has 3 rings (SSSR count). The van der Waals surface area contributed by atoms with Gasteiger partial charge in [-0.3, -0.25) is 0 Å². The van der Waals surface area contributed by atoms with Crippen molar-refractivity contribution in [3.8, 4) is 0 Å². The zero-order chi connectivity index (χ0) is 20.2. The van der Waals surface area contributed by atoms with E-state index < -0.39 is 0 Å². The number of ether oxygens (including phenoxy) is 3. The molecule has 29 heavy (non-hydrogen) atoms. The van der Waals surface area contributed by atoms with Crippen molar-refractivity contribution in [2.24, 2.45) is 4.99 Å². The number of anilines is 1. The Morgan fingerprint density at radius 2 is 2.07 bits per heavy atom. The van der Waals surface area contributed by atoms with Gasteiger partial charge < -0.3 is 29.7 Å². The van der Waals surface area contributed by atoms with Gasteiger partial charge >= 0.3 is 0 Å². The second-order valence-electron chi connectivity index (χ2n) is 7.41. The van der Waals surface area contributed by atoms with E-state index in [4.69, 9.17) is 19.2 Å². The summed E-state index contributed by atoms with van der Waals surface area (Å²) in [5.41, 5.74) is 2.50. The molecule has 2 aliphatic rings. The van der Waals surface area contributed by atoms with Gasteiger partial charge in [0.1, 0.15) is 0 Å². The molecule has 2 saturated heterocycles. The number of aliphatic imine (C=N–C) groups is 1. The highest BCUT2D eigenvalue weighted by Crippen LogP contribution is 2.22. The van der Waals surface area contributed by atoms with Gasteiger partial charge in [0, 0.05) is 45.1 Å². The molecule has 2 aliphatic heterocycles. The molecule has 1 aromatic rings. The summed E-state index contributed by atoms with van der Waals surface area (Å²) in [6.07, 6.45) is 3.53. The summed E-state index contributed by atoms with van der Waals surface area (Å²) in [6.45, 7) is 10.2. The van der Waals surface area contributed by atoms with Crippen molar-refractivity contribution in [2.75, 3.05) is 64.1 Å². The topological polar surface area (TPSA) is 67.4 Å². The first-order valence-electron chi connectivity index (χ1n) is 11.0. The van der Waals surface area contributed by atoms with Crippen LogP contribution in [0.2, 0.25) is 0 Å². The van der Waals surface area contributed by atoms with E-state index in [1.165, 1.54) is 11.3 Å². The van der Waals surface area contributed by atoms with Crippen molar-refractivity contribution in [1.82, 2.24) is 10.6 Å². The van der Waals surface area contributed by atoms with Crippen LogP contribution in [0.4, 0.5) is 5.69 Å². The van der Waals surface area contributed by atoms with Crippen molar-refractivity contribution in [3.05, 3.63) is 29.8 Å². The third-order valence-corrected chi connectivity index (χ3v) is 5.18. The van der Waals surface area contributed by atoms with E-state index in [0.717, 1.165) is 77.8 Å². The van der Waals surface area contributed by atoms with Crippen LogP contribution < -0.4 is 15.5 Å². The van der Waals surface area contributed by atoms with Crippen LogP contribution in [0.5, 0.6) is 0 Å². The second kappa shape index (κ2) is 12.7. The van der Waals surface area contributed by atoms with E-state index in [-0.39, 0.29) is 0 Å². The van der Waals surface area contributed by atoms with Crippen molar-refractivity contribution in [1.29, 1.82) is 0 Å². The van der Waals surface area contributed by atoms with Crippen LogP contribution in [0.1, 0.15) is 31.7 Å². The maximum Gasteiger partial charge on any atom is 0.191 e. The van der Waals surface area contributed by atoms with Gasteiger partial charge in [0.15, 0.2) is 5.96 Å². The maximum atomic E-state index is 5.73. The lowest BCUT2D eigenvalue weighted by atomic mass is 10.1. The molecule has 2 fully saturated rings. The molecular formula is C22H36N4O3. The first-order valence-corrected chi connectivity index (χ1v) is 11.0. The van der Waals surface area contributed by atoms with Gasteiger partial charge in [0.25, 0.3) is 0 Å². The maximum absolute atomic E-state index is 5.73. The molecule has 0 bridgehead atoms. The van der Waals surface area contributed by atoms with Crippen LogP contribution in [0.3, 0.4) is 0 Å². The van der Waals surface area contributed by atoms with Gasteiger partial charge in [-0.15, -0.1) is 0 Å². The van der Waals surface area contributed by atoms with Crippen LogP contribution >= 0.6 is 0 Å². The lowest BCUT2D eigenvalue weighted by Gasteiger charge is -2.30. The fraction of sp³-hybridized carbons (Fsp3) is 0.682. The number of hydrogen-bond acceptors (Lipinski definition) is 5. The van der Waals surface area contributed by atoms with Crippen LogP contribution in [-0.2, 0) is 20.8 Å². The Bertz CT molecular complexity index is 614. The predicted octanol–water partition coefficient (Wildman–Crippen LogP) is 2.16. The third-order valence-electron chi connectivity index (χ3n) is 5.18. The zero-order valence-electron chi connectivity index (χ0n) is 17.7. The Kier molecular flexibility index (Phi) is 9.56. The summed E-state index contributed by atoms with van der Waals surface area (Å²) < 4.78 is 16.8. The fourth-order valence-corrected chi connectivity index (χ4v) is 3.63. The monoisotopic (exact) mass is 404 g/mol. The van der Waals surface area contributed by atoms with Gasteiger partial charge in [-0.1, -0.05) is 18.2 Å². The lowest BCUT2D eigenvalue weighted by molar-refractivity contribution is 0.0168. The number of benzene rings is 1. The van der Waals surface area contributed by atoms with Crippen LogP contribution in [-0.4, -0.2) is 71.3 Å². The van der Waals surface area contributed by atoms with Gasteiger partial charge in [0.2, 0.25) is 0 Å². The van der Waals surface area contributed by atoms with E-state index in [2.05, 4.69) is 46.7 Å². The first kappa shape index (κ1) is 21.9. The third kappa shape index (κ3) is 7.49. The van der Waals surface area contributed by atoms with E-state index >= 15 is 0 Å². The Balaban J connectivity index is 1.43. The predicted molar refractivity (Wildman–Crippen MR) is 117 cm³/mol. The Morgan fingerprint density at radius 1 is 1.21 bits per heavy atom. The normalized spacial score (nSPS) is 20.1. The highest BCUT2D eigenvalue weighted by atomic mass is 16.5. The summed E-state index contributed by atoms with van der Waals surface area (Å²) in [4.78, 5) is 7.18. The summed E-state index contributed by atoms with van der Waals surface area (Å²) in [7, 11) is 0. The number of nitrogens with zero attached hydrogens (tertiary/aromatic N) is 2. The molecule has 2 N–H and O–H groups in total. The van der Waals surface area contributed by atoms with Crippen molar-refractivity contribution >= 4 is 11.6 Å². The van der Waals surface area contributed by atoms with Crippen molar-refractivity contribution < 1.29 is 14.2 Å². The zero-order valence-corrected chi connectivity index (χ0v) is 17.7. The van der Waals surface area contributed by atoms with Crippen molar-refractivity contribution in [3.63, 3.8) is 0 Å². The SMILES string of the molecule is CCNC(=NCc1ccccc1N1CCOCC1)NCCCOCC1CCCO1. The van der Waals surface area contributed by atoms with Gasteiger partial charge in [0.05, 0.1) is 32.5 Å². The summed E-state index contributed by atoms with van der Waals surface area (Å²) >= 11 is 0. The summed E-state index contributed by atoms with van der Waals surface area (Å²) in [5, 5.41) is 6.74. The molecule has 1 unspecified atom stereocenters. The number of para-hydroxylation sites is 1. The first-order chi connectivity index (χ1) is 14.4. The van der Waals surface area contributed by atoms with Gasteiger partial charge in [-0.25, -0.2) is 4.99 Å². The molecule has 0 spiro atoms. The molecule has 1 atom stereocenters. The minimum atomic E-state index is 0.299. The standard InChI is InChI=1S/C22H36N4O3/c1-2-23-22(24-10-6-13-28-18-20-8-5-14-29-20)25-17-19-7-3-4-9-21(19)26-11-15-27-16-12-26/h3-4,7,9,20H,2,5-6,8,10-18H2,1H3,(H2,23,24,25). The van der Waals surface area contributed by atoms with Crippen LogP contribution in [0.15, 0.2) is 29.3 Å². The summed E-state index contributed by atoms with van der Waals surface area (Å²) in [5.74, 6) is 0.850. The molecule has 7 nitrogen and oxygen atoms in total. The Labute approximate surface area is 174 Å². The number of morpholine rings is 1. The minimum absolute atomic E-state index is 0.299. The van der Waals surface area contributed by atoms with Crippen LogP contribution in [0.25, 0.3) is 0 Å². The minimum Gasteiger partial charge on any atom is -0.379 e. The number of guanidine groups is 1. The highest BCUT2D eigenvalue weighted by molar-refractivity contribution is 5.79. The lowest BCUT2D eigenvalue weighted by Crippen LogP contribution is -2.38. The van der Waals surface area contributed by atoms with E-state index in [9.17, 15) is 0 Å². The van der Waals surface area contributed by atoms with E-state index in [0.29, 0.717) is 19.3 Å². The number of rotatable bonds is 10. The van der Waals surface area contributed by atoms with E-state index in [1.54, 1.807) is 0 Å². The molecule has 0 radical (unpaired) electrons. The molecule has 0 aromatic heterocycles. The fourth-order valence-electron chi connectivity index (χ4n) is 3.63. The second-order valence-corrected chi connectivity index (χ2v) is 7.41. The molecule has 0 saturated carbocycles. The molecule has 0 aliphatic carbocycles. The largest absolute Gasteiger partial charge is 0.379 e. The van der Waals surface area contributed by atoms with Gasteiger partial charge in [-0.2, -0.15) is 0 Å². The Morgan fingerprint density at radius 3 is 2.86 bits per heavy atom.